The molecule has 2 N–H and O–H groups in total. The molecular formula is C27H21FN2O4. The minimum Gasteiger partial charge on any atom is -0.507 e. The van der Waals surface area contributed by atoms with E-state index >= 15 is 0 Å². The van der Waals surface area contributed by atoms with Gasteiger partial charge in [0.15, 0.2) is 0 Å². The lowest BCUT2D eigenvalue weighted by atomic mass is 9.94. The smallest absolute Gasteiger partial charge is 0.300 e. The second kappa shape index (κ2) is 8.19. The molecule has 1 aromatic heterocycles. The maximum Gasteiger partial charge on any atom is 0.300 e. The summed E-state index contributed by atoms with van der Waals surface area (Å²) in [6, 6.07) is 17.1. The number of fused-ring (bicyclic) bond motifs is 1. The van der Waals surface area contributed by atoms with Crippen molar-refractivity contribution in [1.82, 2.24) is 4.98 Å². The summed E-state index contributed by atoms with van der Waals surface area (Å²) in [5.74, 6) is -2.25. The van der Waals surface area contributed by atoms with Crippen LogP contribution >= 0.6 is 0 Å². The molecule has 1 saturated heterocycles. The van der Waals surface area contributed by atoms with E-state index < -0.39 is 23.5 Å². The SMILES string of the molecule is COc1ccc(C)cc1/C(O)=C1\C(=O)C(=O)N(c2cccc(F)c2)C1c1c[nH]c2ccccc12. The number of H-pyrrole nitrogens is 1. The summed E-state index contributed by atoms with van der Waals surface area (Å²) in [5.41, 5.74) is 2.66. The summed E-state index contributed by atoms with van der Waals surface area (Å²) in [6.45, 7) is 1.85. The standard InChI is InChI=1S/C27H21FN2O4/c1-15-10-11-22(34-2)19(12-15)25(31)23-24(20-14-29-21-9-4-3-8-18(20)21)30(27(33)26(23)32)17-7-5-6-16(28)13-17/h3-14,24,29,31H,1-2H3/b25-23+. The van der Waals surface area contributed by atoms with Gasteiger partial charge in [-0.3, -0.25) is 14.5 Å². The zero-order chi connectivity index (χ0) is 24.0. The van der Waals surface area contributed by atoms with Gasteiger partial charge in [0.2, 0.25) is 0 Å². The molecule has 7 heteroatoms. The second-order valence-electron chi connectivity index (χ2n) is 8.14. The van der Waals surface area contributed by atoms with Gasteiger partial charge in [-0.15, -0.1) is 0 Å². The van der Waals surface area contributed by atoms with Crippen LogP contribution in [0.25, 0.3) is 16.7 Å². The van der Waals surface area contributed by atoms with Crippen LogP contribution in [0.15, 0.2) is 78.5 Å². The number of rotatable bonds is 4. The Balaban J connectivity index is 1.82. The van der Waals surface area contributed by atoms with E-state index in [1.807, 2.05) is 37.3 Å². The number of aromatic nitrogens is 1. The molecule has 0 bridgehead atoms. The van der Waals surface area contributed by atoms with Gasteiger partial charge in [0.1, 0.15) is 17.3 Å². The molecule has 1 amide bonds. The third-order valence-electron chi connectivity index (χ3n) is 6.06. The van der Waals surface area contributed by atoms with Crippen LogP contribution < -0.4 is 9.64 Å². The van der Waals surface area contributed by atoms with E-state index in [4.69, 9.17) is 4.74 Å². The number of ketones is 1. The van der Waals surface area contributed by atoms with E-state index in [2.05, 4.69) is 4.98 Å². The number of amides is 1. The highest BCUT2D eigenvalue weighted by atomic mass is 19.1. The highest BCUT2D eigenvalue weighted by molar-refractivity contribution is 6.52. The van der Waals surface area contributed by atoms with Gasteiger partial charge in [-0.25, -0.2) is 4.39 Å². The first-order valence-electron chi connectivity index (χ1n) is 10.7. The Kier molecular flexibility index (Phi) is 5.17. The third-order valence-corrected chi connectivity index (χ3v) is 6.06. The number of aryl methyl sites for hydroxylation is 1. The fourth-order valence-electron chi connectivity index (χ4n) is 4.49. The fourth-order valence-corrected chi connectivity index (χ4v) is 4.49. The average molecular weight is 456 g/mol. The van der Waals surface area contributed by atoms with Crippen molar-refractivity contribution < 1.29 is 23.8 Å². The molecule has 3 aromatic carbocycles. The monoisotopic (exact) mass is 456 g/mol. The summed E-state index contributed by atoms with van der Waals surface area (Å²) < 4.78 is 19.5. The number of hydrogen-bond donors (Lipinski definition) is 2. The fraction of sp³-hybridized carbons (Fsp3) is 0.111. The predicted octanol–water partition coefficient (Wildman–Crippen LogP) is 5.25. The number of nitrogens with zero attached hydrogens (tertiary/aromatic N) is 1. The quantitative estimate of drug-likeness (QED) is 0.250. The Hall–Kier alpha value is -4.39. The number of hydrogen-bond acceptors (Lipinski definition) is 4. The Morgan fingerprint density at radius 2 is 1.85 bits per heavy atom. The number of nitrogens with one attached hydrogen (secondary N) is 1. The van der Waals surface area contributed by atoms with Crippen molar-refractivity contribution in [2.45, 2.75) is 13.0 Å². The molecule has 5 rings (SSSR count). The van der Waals surface area contributed by atoms with Gasteiger partial charge >= 0.3 is 0 Å². The van der Waals surface area contributed by atoms with Gasteiger partial charge in [-0.2, -0.15) is 0 Å². The van der Waals surface area contributed by atoms with E-state index in [1.54, 1.807) is 24.4 Å². The third kappa shape index (κ3) is 3.33. The maximum absolute atomic E-state index is 14.1. The Morgan fingerprint density at radius 1 is 1.06 bits per heavy atom. The lowest BCUT2D eigenvalue weighted by Gasteiger charge is -2.25. The topological polar surface area (TPSA) is 82.6 Å². The molecule has 2 heterocycles. The molecule has 1 atom stereocenters. The van der Waals surface area contributed by atoms with Gasteiger partial charge in [-0.1, -0.05) is 35.9 Å². The van der Waals surface area contributed by atoms with Crippen LogP contribution in [0.2, 0.25) is 0 Å². The number of para-hydroxylation sites is 1. The first-order valence-corrected chi connectivity index (χ1v) is 10.7. The van der Waals surface area contributed by atoms with Gasteiger partial charge in [-0.05, 0) is 43.3 Å². The molecular weight excluding hydrogens is 435 g/mol. The number of aliphatic hydroxyl groups excluding tert-OH is 1. The lowest BCUT2D eigenvalue weighted by Crippen LogP contribution is -2.29. The highest BCUT2D eigenvalue weighted by Crippen LogP contribution is 2.45. The van der Waals surface area contributed by atoms with Gasteiger partial charge in [0.25, 0.3) is 11.7 Å². The Bertz CT molecular complexity index is 1490. The van der Waals surface area contributed by atoms with Crippen molar-refractivity contribution in [1.29, 1.82) is 0 Å². The van der Waals surface area contributed by atoms with Crippen LogP contribution in [0.1, 0.15) is 22.7 Å². The number of aromatic amines is 1. The van der Waals surface area contributed by atoms with Crippen LogP contribution in [-0.4, -0.2) is 28.9 Å². The molecule has 34 heavy (non-hydrogen) atoms. The molecule has 0 spiro atoms. The Labute approximate surface area is 194 Å². The van der Waals surface area contributed by atoms with Crippen molar-refractivity contribution in [3.05, 3.63) is 101 Å². The van der Waals surface area contributed by atoms with Crippen LogP contribution in [0.3, 0.4) is 0 Å². The van der Waals surface area contributed by atoms with Crippen LogP contribution in [0, 0.1) is 12.7 Å². The van der Waals surface area contributed by atoms with Crippen LogP contribution in [-0.2, 0) is 9.59 Å². The number of ether oxygens (including phenoxy) is 1. The second-order valence-corrected chi connectivity index (χ2v) is 8.14. The molecule has 1 fully saturated rings. The first kappa shape index (κ1) is 21.5. The molecule has 170 valence electrons. The molecule has 0 aliphatic carbocycles. The van der Waals surface area contributed by atoms with Crippen molar-refractivity contribution >= 4 is 34.0 Å². The Morgan fingerprint density at radius 3 is 2.62 bits per heavy atom. The molecule has 4 aromatic rings. The number of carbonyl (C=O) groups excluding carboxylic acids is 2. The summed E-state index contributed by atoms with van der Waals surface area (Å²) >= 11 is 0. The van der Waals surface area contributed by atoms with E-state index in [0.29, 0.717) is 16.9 Å². The first-order chi connectivity index (χ1) is 16.4. The molecule has 1 aliphatic rings. The number of carbonyl (C=O) groups is 2. The summed E-state index contributed by atoms with van der Waals surface area (Å²) in [6.07, 6.45) is 1.70. The van der Waals surface area contributed by atoms with E-state index in [0.717, 1.165) is 16.5 Å². The van der Waals surface area contributed by atoms with Gasteiger partial charge < -0.3 is 14.8 Å². The average Bonchev–Trinajstić information content (AvgIpc) is 3.37. The number of methoxy groups -OCH3 is 1. The number of anilines is 1. The molecule has 1 aliphatic heterocycles. The van der Waals surface area contributed by atoms with Crippen molar-refractivity contribution in [2.75, 3.05) is 12.0 Å². The molecule has 1 unspecified atom stereocenters. The van der Waals surface area contributed by atoms with Crippen molar-refractivity contribution in [2.24, 2.45) is 0 Å². The largest absolute Gasteiger partial charge is 0.507 e. The van der Waals surface area contributed by atoms with Crippen LogP contribution in [0.5, 0.6) is 5.75 Å². The maximum atomic E-state index is 14.1. The van der Waals surface area contributed by atoms with Gasteiger partial charge in [0.05, 0.1) is 24.3 Å². The minimum absolute atomic E-state index is 0.0945. The number of benzene rings is 3. The molecule has 6 nitrogen and oxygen atoms in total. The number of Topliss-reactive ketones (excluding diaryl/α,β-unsaturated/α-hetero) is 1. The molecule has 0 radical (unpaired) electrons. The highest BCUT2D eigenvalue weighted by Gasteiger charge is 2.48. The zero-order valence-corrected chi connectivity index (χ0v) is 18.5. The number of aliphatic hydroxyl groups is 1. The predicted molar refractivity (Wildman–Crippen MR) is 127 cm³/mol. The van der Waals surface area contributed by atoms with Crippen LogP contribution in [0.4, 0.5) is 10.1 Å². The van der Waals surface area contributed by atoms with E-state index in [1.165, 1.54) is 30.2 Å². The lowest BCUT2D eigenvalue weighted by molar-refractivity contribution is -0.132. The van der Waals surface area contributed by atoms with E-state index in [-0.39, 0.29) is 17.0 Å². The normalized spacial score (nSPS) is 17.5. The zero-order valence-electron chi connectivity index (χ0n) is 18.5. The van der Waals surface area contributed by atoms with E-state index in [9.17, 15) is 19.1 Å². The summed E-state index contributed by atoms with van der Waals surface area (Å²) in [7, 11) is 1.46. The minimum atomic E-state index is -0.983. The summed E-state index contributed by atoms with van der Waals surface area (Å²) in [4.78, 5) is 31.0. The van der Waals surface area contributed by atoms with Gasteiger partial charge in [0, 0.05) is 28.4 Å². The summed E-state index contributed by atoms with van der Waals surface area (Å²) in [5, 5.41) is 12.2. The molecule has 0 saturated carbocycles. The number of halogens is 1. The van der Waals surface area contributed by atoms with Crippen molar-refractivity contribution in [3.8, 4) is 5.75 Å². The van der Waals surface area contributed by atoms with Crippen molar-refractivity contribution in [3.63, 3.8) is 0 Å².